The zero-order valence-corrected chi connectivity index (χ0v) is 11.7. The lowest BCUT2D eigenvalue weighted by Gasteiger charge is -2.34. The maximum atomic E-state index is 5.86. The first-order chi connectivity index (χ1) is 8.59. The Morgan fingerprint density at radius 1 is 1.39 bits per heavy atom. The molecule has 1 heterocycles. The third-order valence-corrected chi connectivity index (χ3v) is 3.58. The number of benzene rings is 1. The Labute approximate surface area is 110 Å². The molecule has 0 N–H and O–H groups in total. The lowest BCUT2D eigenvalue weighted by molar-refractivity contribution is 0.0174. The van der Waals surface area contributed by atoms with Crippen LogP contribution in [0.2, 0.25) is 0 Å². The molecule has 1 aliphatic heterocycles. The van der Waals surface area contributed by atoms with E-state index in [2.05, 4.69) is 50.6 Å². The Bertz CT molecular complexity index is 433. The first-order valence-electron chi connectivity index (χ1n) is 6.70. The summed E-state index contributed by atoms with van der Waals surface area (Å²) < 4.78 is 5.86. The molecule has 0 saturated carbocycles. The van der Waals surface area contributed by atoms with Gasteiger partial charge in [-0.1, -0.05) is 18.2 Å². The van der Waals surface area contributed by atoms with E-state index in [9.17, 15) is 0 Å². The van der Waals surface area contributed by atoms with Crippen LogP contribution in [-0.2, 0) is 4.74 Å². The van der Waals surface area contributed by atoms with Gasteiger partial charge in [0.1, 0.15) is 6.23 Å². The van der Waals surface area contributed by atoms with Crippen LogP contribution in [0.5, 0.6) is 0 Å². The smallest absolute Gasteiger partial charge is 0.129 e. The molecule has 18 heavy (non-hydrogen) atoms. The summed E-state index contributed by atoms with van der Waals surface area (Å²) in [6.45, 7) is 9.15. The van der Waals surface area contributed by atoms with Gasteiger partial charge in [0, 0.05) is 24.9 Å². The van der Waals surface area contributed by atoms with Crippen LogP contribution in [0.4, 0.5) is 5.69 Å². The monoisotopic (exact) mass is 245 g/mol. The molecule has 0 bridgehead atoms. The summed E-state index contributed by atoms with van der Waals surface area (Å²) in [5.74, 6) is 0. The Hall–Kier alpha value is -1.28. The van der Waals surface area contributed by atoms with Crippen molar-refractivity contribution < 1.29 is 4.74 Å². The van der Waals surface area contributed by atoms with Crippen molar-refractivity contribution in [2.45, 2.75) is 39.3 Å². The van der Waals surface area contributed by atoms with Crippen LogP contribution in [-0.4, -0.2) is 19.9 Å². The van der Waals surface area contributed by atoms with Crippen LogP contribution in [0.3, 0.4) is 0 Å². The predicted octanol–water partition coefficient (Wildman–Crippen LogP) is 3.99. The van der Waals surface area contributed by atoms with Crippen molar-refractivity contribution in [3.63, 3.8) is 0 Å². The van der Waals surface area contributed by atoms with Crippen molar-refractivity contribution in [2.75, 3.05) is 18.6 Å². The molecule has 1 atom stereocenters. The van der Waals surface area contributed by atoms with Gasteiger partial charge in [-0.2, -0.15) is 0 Å². The molecule has 0 aromatic heterocycles. The van der Waals surface area contributed by atoms with Crippen molar-refractivity contribution in [3.8, 4) is 0 Å². The molecule has 1 aliphatic rings. The Balaban J connectivity index is 2.28. The summed E-state index contributed by atoms with van der Waals surface area (Å²) in [4.78, 5) is 2.25. The lowest BCUT2D eigenvalue weighted by Crippen LogP contribution is -2.37. The maximum absolute atomic E-state index is 5.86. The molecule has 1 aromatic carbocycles. The molecule has 1 aromatic rings. The van der Waals surface area contributed by atoms with Gasteiger partial charge in [0.25, 0.3) is 0 Å². The van der Waals surface area contributed by atoms with Crippen LogP contribution in [0.25, 0.3) is 5.57 Å². The van der Waals surface area contributed by atoms with Gasteiger partial charge in [0.15, 0.2) is 0 Å². The first-order valence-corrected chi connectivity index (χ1v) is 6.70. The van der Waals surface area contributed by atoms with Crippen LogP contribution in [0.1, 0.15) is 37.3 Å². The van der Waals surface area contributed by atoms with Crippen LogP contribution in [0.15, 0.2) is 24.8 Å². The molecule has 2 nitrogen and oxygen atoms in total. The van der Waals surface area contributed by atoms with Crippen LogP contribution in [0, 0.1) is 6.92 Å². The highest BCUT2D eigenvalue weighted by Gasteiger charge is 2.20. The minimum atomic E-state index is 0.208. The SMILES string of the molecule is C=C(C)c1cc(C)ccc1N(C)C1CCCCO1. The van der Waals surface area contributed by atoms with Crippen molar-refractivity contribution in [1.82, 2.24) is 0 Å². The van der Waals surface area contributed by atoms with Gasteiger partial charge in [0.2, 0.25) is 0 Å². The standard InChI is InChI=1S/C16H23NO/c1-12(2)14-11-13(3)8-9-15(14)17(4)16-7-5-6-10-18-16/h8-9,11,16H,1,5-7,10H2,2-4H3. The average Bonchev–Trinajstić information content (AvgIpc) is 2.39. The van der Waals surface area contributed by atoms with E-state index < -0.39 is 0 Å². The predicted molar refractivity (Wildman–Crippen MR) is 77.9 cm³/mol. The number of aryl methyl sites for hydroxylation is 1. The van der Waals surface area contributed by atoms with Crippen molar-refractivity contribution >= 4 is 11.3 Å². The molecule has 0 amide bonds. The van der Waals surface area contributed by atoms with Crippen LogP contribution >= 0.6 is 0 Å². The van der Waals surface area contributed by atoms with Gasteiger partial charge in [-0.15, -0.1) is 0 Å². The Morgan fingerprint density at radius 2 is 2.17 bits per heavy atom. The summed E-state index contributed by atoms with van der Waals surface area (Å²) in [6.07, 6.45) is 3.76. The Kier molecular flexibility index (Phi) is 4.07. The number of rotatable bonds is 3. The quantitative estimate of drug-likeness (QED) is 0.798. The molecular weight excluding hydrogens is 222 g/mol. The molecule has 0 aliphatic carbocycles. The van der Waals surface area contributed by atoms with Gasteiger partial charge in [-0.05, 0) is 50.8 Å². The van der Waals surface area contributed by atoms with E-state index in [1.165, 1.54) is 29.7 Å². The normalized spacial score (nSPS) is 19.6. The van der Waals surface area contributed by atoms with Gasteiger partial charge in [-0.3, -0.25) is 0 Å². The molecule has 1 saturated heterocycles. The second-order valence-electron chi connectivity index (χ2n) is 5.23. The number of nitrogens with zero attached hydrogens (tertiary/aromatic N) is 1. The topological polar surface area (TPSA) is 12.5 Å². The van der Waals surface area contributed by atoms with Crippen molar-refractivity contribution in [3.05, 3.63) is 35.9 Å². The third-order valence-electron chi connectivity index (χ3n) is 3.58. The number of hydrogen-bond acceptors (Lipinski definition) is 2. The molecule has 1 unspecified atom stereocenters. The minimum Gasteiger partial charge on any atom is -0.358 e. The van der Waals surface area contributed by atoms with Crippen molar-refractivity contribution in [1.29, 1.82) is 0 Å². The number of anilines is 1. The molecule has 0 radical (unpaired) electrons. The number of ether oxygens (including phenoxy) is 1. The van der Waals surface area contributed by atoms with E-state index in [-0.39, 0.29) is 6.23 Å². The highest BCUT2D eigenvalue weighted by molar-refractivity contribution is 5.75. The van der Waals surface area contributed by atoms with E-state index >= 15 is 0 Å². The largest absolute Gasteiger partial charge is 0.358 e. The maximum Gasteiger partial charge on any atom is 0.129 e. The third kappa shape index (κ3) is 2.75. The highest BCUT2D eigenvalue weighted by atomic mass is 16.5. The second-order valence-corrected chi connectivity index (χ2v) is 5.23. The van der Waals surface area contributed by atoms with Gasteiger partial charge < -0.3 is 9.64 Å². The summed E-state index contributed by atoms with van der Waals surface area (Å²) in [6, 6.07) is 6.54. The minimum absolute atomic E-state index is 0.208. The summed E-state index contributed by atoms with van der Waals surface area (Å²) in [7, 11) is 2.12. The van der Waals surface area contributed by atoms with Gasteiger partial charge >= 0.3 is 0 Å². The molecule has 2 rings (SSSR count). The average molecular weight is 245 g/mol. The van der Waals surface area contributed by atoms with E-state index in [1.54, 1.807) is 0 Å². The van der Waals surface area contributed by atoms with E-state index in [4.69, 9.17) is 4.74 Å². The fourth-order valence-electron chi connectivity index (χ4n) is 2.48. The first kappa shape index (κ1) is 13.2. The zero-order valence-electron chi connectivity index (χ0n) is 11.7. The summed E-state index contributed by atoms with van der Waals surface area (Å²) in [5.41, 5.74) is 4.83. The molecule has 0 spiro atoms. The summed E-state index contributed by atoms with van der Waals surface area (Å²) >= 11 is 0. The number of allylic oxidation sites excluding steroid dienone is 1. The summed E-state index contributed by atoms with van der Waals surface area (Å²) in [5, 5.41) is 0. The Morgan fingerprint density at radius 3 is 2.78 bits per heavy atom. The number of hydrogen-bond donors (Lipinski definition) is 0. The van der Waals surface area contributed by atoms with Gasteiger partial charge in [-0.25, -0.2) is 0 Å². The van der Waals surface area contributed by atoms with E-state index in [0.717, 1.165) is 18.6 Å². The van der Waals surface area contributed by atoms with Crippen molar-refractivity contribution in [2.24, 2.45) is 0 Å². The fourth-order valence-corrected chi connectivity index (χ4v) is 2.48. The molecule has 1 fully saturated rings. The second kappa shape index (κ2) is 5.57. The molecular formula is C16H23NO. The van der Waals surface area contributed by atoms with Gasteiger partial charge in [0.05, 0.1) is 0 Å². The van der Waals surface area contributed by atoms with Crippen LogP contribution < -0.4 is 4.90 Å². The highest BCUT2D eigenvalue weighted by Crippen LogP contribution is 2.30. The lowest BCUT2D eigenvalue weighted by atomic mass is 10.0. The fraction of sp³-hybridized carbons (Fsp3) is 0.500. The van der Waals surface area contributed by atoms with E-state index in [0.29, 0.717) is 0 Å². The zero-order chi connectivity index (χ0) is 13.1. The molecule has 98 valence electrons. The van der Waals surface area contributed by atoms with E-state index in [1.807, 2.05) is 0 Å². The molecule has 2 heteroatoms.